The molecule has 1 N–H and O–H groups in total. The van der Waals surface area contributed by atoms with Crippen LogP contribution in [-0.4, -0.2) is 17.0 Å². The minimum absolute atomic E-state index is 0.156. The lowest BCUT2D eigenvalue weighted by molar-refractivity contribution is -0.113. The Hall–Kier alpha value is -1.84. The van der Waals surface area contributed by atoms with E-state index >= 15 is 0 Å². The second kappa shape index (κ2) is 4.83. The van der Waals surface area contributed by atoms with E-state index in [1.54, 1.807) is 12.2 Å². The third kappa shape index (κ3) is 1.97. The quantitative estimate of drug-likeness (QED) is 0.699. The molecule has 0 unspecified atom stereocenters. The summed E-state index contributed by atoms with van der Waals surface area (Å²) in [5.74, 6) is 2.93. The second-order valence-corrected chi connectivity index (χ2v) is 8.09. The Kier molecular flexibility index (Phi) is 3.36. The normalized spacial score (nSPS) is 41.6. The number of hydrogen-bond acceptors (Lipinski definition) is 3. The van der Waals surface area contributed by atoms with Gasteiger partial charge in [0.25, 0.3) is 0 Å². The summed E-state index contributed by atoms with van der Waals surface area (Å²) in [4.78, 5) is 12.3. The fourth-order valence-electron chi connectivity index (χ4n) is 5.31. The highest BCUT2D eigenvalue weighted by molar-refractivity contribution is 6.09. The van der Waals surface area contributed by atoms with Crippen LogP contribution in [0.5, 0.6) is 0 Å². The van der Waals surface area contributed by atoms with Crippen LogP contribution in [0.15, 0.2) is 23.3 Å². The van der Waals surface area contributed by atoms with Crippen LogP contribution in [0.3, 0.4) is 0 Å². The number of carbonyl (C=O) groups excluding carboxylic acids is 1. The molecule has 0 aromatic rings. The van der Waals surface area contributed by atoms with E-state index in [9.17, 15) is 15.2 Å². The molecule has 0 aromatic heterocycles. The van der Waals surface area contributed by atoms with Gasteiger partial charge in [0.2, 0.25) is 0 Å². The maximum atomic E-state index is 12.3. The number of ketones is 1. The molecule has 0 radical (unpaired) electrons. The molecule has 3 nitrogen and oxygen atoms in total. The molecule has 3 aliphatic rings. The predicted octanol–water partition coefficient (Wildman–Crippen LogP) is 3.16. The molecule has 2 fully saturated rings. The summed E-state index contributed by atoms with van der Waals surface area (Å²) in [5.41, 5.74) is 0.0940. The summed E-state index contributed by atoms with van der Waals surface area (Å²) in [6, 6.07) is 1.99. The minimum Gasteiger partial charge on any atom is -0.393 e. The molecule has 0 aromatic carbocycles. The van der Waals surface area contributed by atoms with E-state index in [1.165, 1.54) is 0 Å². The van der Waals surface area contributed by atoms with Crippen molar-refractivity contribution in [2.45, 2.75) is 52.6 Å². The molecular formula is C20H23NO2. The topological polar surface area (TPSA) is 61.1 Å². The smallest absolute Gasteiger partial charge is 0.196 e. The van der Waals surface area contributed by atoms with E-state index < -0.39 is 5.41 Å². The Bertz CT molecular complexity index is 715. The van der Waals surface area contributed by atoms with Gasteiger partial charge in [-0.2, -0.15) is 5.26 Å². The first-order valence-electron chi connectivity index (χ1n) is 8.27. The first kappa shape index (κ1) is 16.0. The molecule has 120 valence electrons. The Morgan fingerprint density at radius 1 is 1.30 bits per heavy atom. The number of rotatable bonds is 0. The number of allylic oxidation sites excluding steroid dienone is 4. The largest absolute Gasteiger partial charge is 0.393 e. The van der Waals surface area contributed by atoms with Gasteiger partial charge in [-0.1, -0.05) is 26.7 Å². The van der Waals surface area contributed by atoms with Gasteiger partial charge in [-0.25, -0.2) is 0 Å². The zero-order valence-electron chi connectivity index (χ0n) is 14.0. The highest BCUT2D eigenvalue weighted by Crippen LogP contribution is 2.65. The van der Waals surface area contributed by atoms with Crippen LogP contribution >= 0.6 is 0 Å². The van der Waals surface area contributed by atoms with Crippen molar-refractivity contribution in [3.63, 3.8) is 0 Å². The third-order valence-corrected chi connectivity index (χ3v) is 6.70. The maximum Gasteiger partial charge on any atom is 0.196 e. The molecule has 0 saturated heterocycles. The molecule has 0 amide bonds. The lowest BCUT2D eigenvalue weighted by Gasteiger charge is -2.60. The first-order valence-corrected chi connectivity index (χ1v) is 8.27. The van der Waals surface area contributed by atoms with Gasteiger partial charge in [0.1, 0.15) is 6.07 Å². The number of fused-ring (bicyclic) bond motifs is 3. The summed E-state index contributed by atoms with van der Waals surface area (Å²) in [6.45, 7) is 6.41. The SMILES string of the molecule is C#C[C@]12C=C(C#N)C(=O)C=C1[C@@]1(C)CC[C@H](O)C(C)(C)[C@@H]1CC2. The average Bonchev–Trinajstić information content (AvgIpc) is 2.52. The lowest BCUT2D eigenvalue weighted by Crippen LogP contribution is -2.55. The van der Waals surface area contributed by atoms with Crippen LogP contribution in [0, 0.1) is 45.8 Å². The summed E-state index contributed by atoms with van der Waals surface area (Å²) >= 11 is 0. The second-order valence-electron chi connectivity index (χ2n) is 8.09. The molecule has 3 rings (SSSR count). The summed E-state index contributed by atoms with van der Waals surface area (Å²) in [5, 5.41) is 19.7. The molecule has 3 heteroatoms. The van der Waals surface area contributed by atoms with E-state index in [4.69, 9.17) is 6.42 Å². The summed E-state index contributed by atoms with van der Waals surface area (Å²) in [6.07, 6.45) is 12.0. The standard InChI is InChI=1S/C20H23NO2/c1-5-20-9-6-15-18(2,3)17(23)7-8-19(15,4)16(20)10-14(22)13(11-20)12-21/h1,10-11,15,17,23H,6-9H2,2-4H3/t15-,17-,19-,20-/m0/s1. The monoisotopic (exact) mass is 309 g/mol. The van der Waals surface area contributed by atoms with Gasteiger partial charge < -0.3 is 5.11 Å². The van der Waals surface area contributed by atoms with Crippen molar-refractivity contribution in [3.05, 3.63) is 23.3 Å². The van der Waals surface area contributed by atoms with E-state index in [-0.39, 0.29) is 34.2 Å². The minimum atomic E-state index is -0.622. The average molecular weight is 309 g/mol. The van der Waals surface area contributed by atoms with Gasteiger partial charge in [-0.15, -0.1) is 6.42 Å². The van der Waals surface area contributed by atoms with Crippen LogP contribution < -0.4 is 0 Å². The van der Waals surface area contributed by atoms with Crippen molar-refractivity contribution in [3.8, 4) is 18.4 Å². The molecule has 23 heavy (non-hydrogen) atoms. The van der Waals surface area contributed by atoms with Crippen LogP contribution in [0.4, 0.5) is 0 Å². The fourth-order valence-corrected chi connectivity index (χ4v) is 5.31. The van der Waals surface area contributed by atoms with Gasteiger partial charge in [0.05, 0.1) is 17.1 Å². The van der Waals surface area contributed by atoms with Gasteiger partial charge in [-0.05, 0) is 60.2 Å². The van der Waals surface area contributed by atoms with Crippen molar-refractivity contribution in [2.75, 3.05) is 0 Å². The van der Waals surface area contributed by atoms with Crippen molar-refractivity contribution >= 4 is 5.78 Å². The molecule has 0 bridgehead atoms. The number of nitriles is 1. The van der Waals surface area contributed by atoms with Gasteiger partial charge in [0.15, 0.2) is 5.78 Å². The number of terminal acetylenes is 1. The predicted molar refractivity (Wildman–Crippen MR) is 87.9 cm³/mol. The summed E-state index contributed by atoms with van der Waals surface area (Å²) in [7, 11) is 0. The Labute approximate surface area is 138 Å². The Morgan fingerprint density at radius 3 is 2.61 bits per heavy atom. The van der Waals surface area contributed by atoms with E-state index in [1.807, 2.05) is 6.07 Å². The number of nitrogens with zero attached hydrogens (tertiary/aromatic N) is 1. The Balaban J connectivity index is 2.16. The molecule has 0 spiro atoms. The first-order chi connectivity index (χ1) is 10.7. The van der Waals surface area contributed by atoms with Crippen molar-refractivity contribution < 1.29 is 9.90 Å². The molecule has 4 atom stereocenters. The number of aliphatic hydroxyl groups excluding tert-OH is 1. The van der Waals surface area contributed by atoms with Gasteiger partial charge in [0, 0.05) is 0 Å². The van der Waals surface area contributed by atoms with Crippen molar-refractivity contribution in [1.29, 1.82) is 5.26 Å². The maximum absolute atomic E-state index is 12.3. The van der Waals surface area contributed by atoms with Crippen molar-refractivity contribution in [1.82, 2.24) is 0 Å². The molecule has 0 aliphatic heterocycles. The van der Waals surface area contributed by atoms with Crippen LogP contribution in [-0.2, 0) is 4.79 Å². The van der Waals surface area contributed by atoms with E-state index in [0.717, 1.165) is 24.8 Å². The van der Waals surface area contributed by atoms with E-state index in [2.05, 4.69) is 26.7 Å². The van der Waals surface area contributed by atoms with Gasteiger partial charge in [-0.3, -0.25) is 4.79 Å². The zero-order chi connectivity index (χ0) is 17.0. The third-order valence-electron chi connectivity index (χ3n) is 6.70. The number of carbonyl (C=O) groups is 1. The molecule has 0 heterocycles. The van der Waals surface area contributed by atoms with Crippen LogP contribution in [0.1, 0.15) is 46.5 Å². The highest BCUT2D eigenvalue weighted by atomic mass is 16.3. The molecular weight excluding hydrogens is 286 g/mol. The highest BCUT2D eigenvalue weighted by Gasteiger charge is 2.59. The van der Waals surface area contributed by atoms with Crippen molar-refractivity contribution in [2.24, 2.45) is 22.2 Å². The van der Waals surface area contributed by atoms with Crippen LogP contribution in [0.2, 0.25) is 0 Å². The summed E-state index contributed by atoms with van der Waals surface area (Å²) < 4.78 is 0. The molecule has 2 saturated carbocycles. The number of hydrogen-bond donors (Lipinski definition) is 1. The number of aliphatic hydroxyl groups is 1. The van der Waals surface area contributed by atoms with E-state index in [0.29, 0.717) is 6.42 Å². The Morgan fingerprint density at radius 2 is 2.00 bits per heavy atom. The zero-order valence-corrected chi connectivity index (χ0v) is 14.0. The van der Waals surface area contributed by atoms with Crippen LogP contribution in [0.25, 0.3) is 0 Å². The fraction of sp³-hybridized carbons (Fsp3) is 0.600. The van der Waals surface area contributed by atoms with Gasteiger partial charge >= 0.3 is 0 Å². The lowest BCUT2D eigenvalue weighted by atomic mass is 9.44. The molecule has 3 aliphatic carbocycles.